The van der Waals surface area contributed by atoms with Crippen LogP contribution in [0.5, 0.6) is 0 Å². The van der Waals surface area contributed by atoms with Gasteiger partial charge in [0.25, 0.3) is 10.1 Å². The van der Waals surface area contributed by atoms with Gasteiger partial charge in [0.05, 0.1) is 18.6 Å². The largest absolute Gasteiger partial charge is 0.378 e. The highest BCUT2D eigenvalue weighted by molar-refractivity contribution is 7.88. The Labute approximate surface area is 71.4 Å². The minimum absolute atomic E-state index is 0.593. The first-order chi connectivity index (χ1) is 5.58. The van der Waals surface area contributed by atoms with Gasteiger partial charge < -0.3 is 9.64 Å². The third kappa shape index (κ3) is 3.70. The Morgan fingerprint density at radius 2 is 1.92 bits per heavy atom. The number of nitrogens with zero attached hydrogens (tertiary/aromatic N) is 1. The van der Waals surface area contributed by atoms with Gasteiger partial charge in [0.15, 0.2) is 0 Å². The summed E-state index contributed by atoms with van der Waals surface area (Å²) >= 11 is 0. The number of ether oxygens (including phenoxy) is 1. The van der Waals surface area contributed by atoms with Crippen molar-refractivity contribution in [2.45, 2.75) is 0 Å². The zero-order valence-corrected chi connectivity index (χ0v) is 7.33. The van der Waals surface area contributed by atoms with Gasteiger partial charge in [-0.15, -0.1) is 0 Å². The first kappa shape index (κ1) is 9.50. The van der Waals surface area contributed by atoms with Crippen LogP contribution in [-0.2, 0) is 14.9 Å². The maximum Gasteiger partial charge on any atom is 0.289 e. The predicted octanol–water partition coefficient (Wildman–Crippen LogP) is -0.322. The van der Waals surface area contributed by atoms with Crippen molar-refractivity contribution in [1.82, 2.24) is 4.90 Å². The zero-order chi connectivity index (χ0) is 9.03. The first-order valence-corrected chi connectivity index (χ1v) is 5.06. The summed E-state index contributed by atoms with van der Waals surface area (Å²) in [5, 5.41) is 0.776. The number of rotatable bonds is 2. The summed E-state index contributed by atoms with van der Waals surface area (Å²) in [6.45, 7) is 2.50. The molecule has 0 saturated carbocycles. The van der Waals surface area contributed by atoms with Crippen LogP contribution in [0.15, 0.2) is 11.6 Å². The summed E-state index contributed by atoms with van der Waals surface area (Å²) in [5.74, 6) is 0. The molecule has 12 heavy (non-hydrogen) atoms. The second-order valence-electron chi connectivity index (χ2n) is 2.45. The lowest BCUT2D eigenvalue weighted by Gasteiger charge is -2.24. The molecular weight excluding hydrogens is 182 g/mol. The number of hydrogen-bond donors (Lipinski definition) is 1. The second-order valence-corrected chi connectivity index (χ2v) is 3.75. The van der Waals surface area contributed by atoms with Crippen molar-refractivity contribution in [1.29, 1.82) is 0 Å². The van der Waals surface area contributed by atoms with Crippen molar-refractivity contribution in [2.75, 3.05) is 26.3 Å². The predicted molar refractivity (Wildman–Crippen MR) is 43.1 cm³/mol. The Morgan fingerprint density at radius 3 is 2.42 bits per heavy atom. The fourth-order valence-electron chi connectivity index (χ4n) is 0.890. The van der Waals surface area contributed by atoms with E-state index in [2.05, 4.69) is 0 Å². The Morgan fingerprint density at radius 1 is 1.33 bits per heavy atom. The highest BCUT2D eigenvalue weighted by atomic mass is 32.2. The van der Waals surface area contributed by atoms with Gasteiger partial charge in [0, 0.05) is 19.3 Å². The fourth-order valence-corrected chi connectivity index (χ4v) is 1.22. The van der Waals surface area contributed by atoms with Crippen LogP contribution in [0.25, 0.3) is 0 Å². The molecule has 1 aliphatic rings. The molecule has 1 fully saturated rings. The third-order valence-electron chi connectivity index (χ3n) is 1.49. The van der Waals surface area contributed by atoms with Gasteiger partial charge in [-0.25, -0.2) is 0 Å². The van der Waals surface area contributed by atoms with E-state index in [9.17, 15) is 8.42 Å². The zero-order valence-electron chi connectivity index (χ0n) is 6.51. The fraction of sp³-hybridized carbons (Fsp3) is 0.667. The SMILES string of the molecule is O=S(=O)(O)C=CN1CCOCC1. The number of hydrogen-bond acceptors (Lipinski definition) is 4. The maximum atomic E-state index is 10.3. The van der Waals surface area contributed by atoms with Crippen LogP contribution < -0.4 is 0 Å². The van der Waals surface area contributed by atoms with Crippen LogP contribution in [0.3, 0.4) is 0 Å². The number of morpholine rings is 1. The smallest absolute Gasteiger partial charge is 0.289 e. The van der Waals surface area contributed by atoms with Crippen molar-refractivity contribution >= 4 is 10.1 Å². The average molecular weight is 193 g/mol. The molecule has 70 valence electrons. The molecule has 1 N–H and O–H groups in total. The molecule has 0 aromatic carbocycles. The summed E-state index contributed by atoms with van der Waals surface area (Å²) in [6.07, 6.45) is 1.36. The van der Waals surface area contributed by atoms with Gasteiger partial charge in [-0.1, -0.05) is 0 Å². The Hall–Kier alpha value is -0.590. The second kappa shape index (κ2) is 3.88. The Bertz CT molecular complexity index is 253. The molecule has 0 radical (unpaired) electrons. The van der Waals surface area contributed by atoms with Crippen LogP contribution >= 0.6 is 0 Å². The van der Waals surface area contributed by atoms with Crippen LogP contribution in [-0.4, -0.2) is 44.2 Å². The molecule has 6 heteroatoms. The van der Waals surface area contributed by atoms with Crippen LogP contribution in [0.4, 0.5) is 0 Å². The van der Waals surface area contributed by atoms with E-state index in [0.29, 0.717) is 26.3 Å². The quantitative estimate of drug-likeness (QED) is 0.609. The Balaban J connectivity index is 2.44. The van der Waals surface area contributed by atoms with Crippen molar-refractivity contribution < 1.29 is 17.7 Å². The minimum Gasteiger partial charge on any atom is -0.378 e. The van der Waals surface area contributed by atoms with Gasteiger partial charge in [0.1, 0.15) is 0 Å². The monoisotopic (exact) mass is 193 g/mol. The molecule has 0 unspecified atom stereocenters. The van der Waals surface area contributed by atoms with E-state index in [0.717, 1.165) is 5.41 Å². The molecule has 1 saturated heterocycles. The van der Waals surface area contributed by atoms with E-state index in [1.165, 1.54) is 6.20 Å². The molecular formula is C6H11NO4S. The normalized spacial score (nSPS) is 20.2. The standard InChI is InChI=1S/C6H11NO4S/c8-12(9,10)6-3-7-1-4-11-5-2-7/h3,6H,1-2,4-5H2,(H,8,9,10). The molecule has 0 atom stereocenters. The van der Waals surface area contributed by atoms with E-state index >= 15 is 0 Å². The molecule has 0 amide bonds. The molecule has 0 bridgehead atoms. The van der Waals surface area contributed by atoms with Gasteiger partial charge in [-0.3, -0.25) is 4.55 Å². The lowest BCUT2D eigenvalue weighted by Crippen LogP contribution is -2.32. The van der Waals surface area contributed by atoms with Gasteiger partial charge in [0.2, 0.25) is 0 Å². The molecule has 0 spiro atoms. The summed E-state index contributed by atoms with van der Waals surface area (Å²) in [7, 11) is -3.99. The van der Waals surface area contributed by atoms with Crippen molar-refractivity contribution in [3.05, 3.63) is 11.6 Å². The summed E-state index contributed by atoms with van der Waals surface area (Å²) in [4.78, 5) is 1.78. The van der Waals surface area contributed by atoms with Gasteiger partial charge in [-0.2, -0.15) is 8.42 Å². The van der Waals surface area contributed by atoms with Crippen LogP contribution in [0.2, 0.25) is 0 Å². The van der Waals surface area contributed by atoms with Crippen molar-refractivity contribution in [3.63, 3.8) is 0 Å². The molecule has 0 aromatic rings. The van der Waals surface area contributed by atoms with E-state index in [1.807, 2.05) is 0 Å². The molecule has 0 aliphatic carbocycles. The molecule has 1 aliphatic heterocycles. The molecule has 0 aromatic heterocycles. The molecule has 1 rings (SSSR count). The summed E-state index contributed by atoms with van der Waals surface area (Å²) < 4.78 is 34.0. The van der Waals surface area contributed by atoms with Crippen LogP contribution in [0, 0.1) is 0 Å². The lowest BCUT2D eigenvalue weighted by atomic mass is 10.5. The van der Waals surface area contributed by atoms with Crippen LogP contribution in [0.1, 0.15) is 0 Å². The summed E-state index contributed by atoms with van der Waals surface area (Å²) in [5.41, 5.74) is 0. The van der Waals surface area contributed by atoms with Gasteiger partial charge >= 0.3 is 0 Å². The highest BCUT2D eigenvalue weighted by Crippen LogP contribution is 1.98. The topological polar surface area (TPSA) is 66.8 Å². The summed E-state index contributed by atoms with van der Waals surface area (Å²) in [6, 6.07) is 0. The van der Waals surface area contributed by atoms with Gasteiger partial charge in [-0.05, 0) is 0 Å². The third-order valence-corrected chi connectivity index (χ3v) is 1.95. The first-order valence-electron chi connectivity index (χ1n) is 3.55. The van der Waals surface area contributed by atoms with Crippen molar-refractivity contribution in [3.8, 4) is 0 Å². The maximum absolute atomic E-state index is 10.3. The van der Waals surface area contributed by atoms with E-state index in [-0.39, 0.29) is 0 Å². The van der Waals surface area contributed by atoms with E-state index < -0.39 is 10.1 Å². The molecule has 5 nitrogen and oxygen atoms in total. The van der Waals surface area contributed by atoms with Crippen molar-refractivity contribution in [2.24, 2.45) is 0 Å². The average Bonchev–Trinajstić information content (AvgIpc) is 2.02. The minimum atomic E-state index is -3.99. The van der Waals surface area contributed by atoms with E-state index in [4.69, 9.17) is 9.29 Å². The van der Waals surface area contributed by atoms with E-state index in [1.54, 1.807) is 4.90 Å². The Kier molecular flexibility index (Phi) is 3.07. The lowest BCUT2D eigenvalue weighted by molar-refractivity contribution is 0.0594. The molecule has 1 heterocycles. The highest BCUT2D eigenvalue weighted by Gasteiger charge is 2.06.